The third-order valence-corrected chi connectivity index (χ3v) is 4.31. The van der Waals surface area contributed by atoms with E-state index in [0.717, 1.165) is 24.4 Å². The van der Waals surface area contributed by atoms with Gasteiger partial charge < -0.3 is 10.2 Å². The highest BCUT2D eigenvalue weighted by molar-refractivity contribution is 6.00. The SMILES string of the molecule is CO/N=C(/CCNCc1ccc(-c2ccccc2)cc1)c1ccc(F)cc1. The van der Waals surface area contributed by atoms with Crippen LogP contribution in [0.15, 0.2) is 84.0 Å². The summed E-state index contributed by atoms with van der Waals surface area (Å²) in [5.74, 6) is -0.257. The number of nitrogens with zero attached hydrogens (tertiary/aromatic N) is 1. The van der Waals surface area contributed by atoms with E-state index in [2.05, 4.69) is 46.9 Å². The minimum absolute atomic E-state index is 0.257. The number of rotatable bonds is 8. The molecule has 0 saturated carbocycles. The zero-order valence-corrected chi connectivity index (χ0v) is 15.4. The van der Waals surface area contributed by atoms with Gasteiger partial charge in [-0.15, -0.1) is 0 Å². The van der Waals surface area contributed by atoms with Gasteiger partial charge in [0, 0.05) is 19.5 Å². The fourth-order valence-corrected chi connectivity index (χ4v) is 2.88. The van der Waals surface area contributed by atoms with Crippen molar-refractivity contribution in [3.05, 3.63) is 95.8 Å². The Morgan fingerprint density at radius 3 is 2.22 bits per heavy atom. The number of halogens is 1. The van der Waals surface area contributed by atoms with Crippen molar-refractivity contribution in [2.45, 2.75) is 13.0 Å². The summed E-state index contributed by atoms with van der Waals surface area (Å²) in [7, 11) is 1.52. The van der Waals surface area contributed by atoms with E-state index in [-0.39, 0.29) is 5.82 Å². The standard InChI is InChI=1S/C23H23FN2O/c1-27-26-23(21-11-13-22(24)14-12-21)15-16-25-17-18-7-9-20(10-8-18)19-5-3-2-4-6-19/h2-14,25H,15-17H2,1H3/b26-23-. The first-order valence-electron chi connectivity index (χ1n) is 8.97. The van der Waals surface area contributed by atoms with Crippen LogP contribution in [0.4, 0.5) is 4.39 Å². The molecule has 27 heavy (non-hydrogen) atoms. The lowest BCUT2D eigenvalue weighted by atomic mass is 10.0. The summed E-state index contributed by atoms with van der Waals surface area (Å²) in [4.78, 5) is 4.93. The van der Waals surface area contributed by atoms with E-state index in [1.54, 1.807) is 12.1 Å². The van der Waals surface area contributed by atoms with Gasteiger partial charge in [-0.3, -0.25) is 0 Å². The van der Waals surface area contributed by atoms with Crippen molar-refractivity contribution in [3.8, 4) is 11.1 Å². The molecule has 0 aliphatic heterocycles. The first kappa shape index (κ1) is 18.8. The average Bonchev–Trinajstić information content (AvgIpc) is 2.72. The molecule has 3 rings (SSSR count). The van der Waals surface area contributed by atoms with Crippen molar-refractivity contribution in [2.75, 3.05) is 13.7 Å². The monoisotopic (exact) mass is 362 g/mol. The topological polar surface area (TPSA) is 33.6 Å². The first-order chi connectivity index (χ1) is 13.3. The molecular formula is C23H23FN2O. The van der Waals surface area contributed by atoms with E-state index >= 15 is 0 Å². The molecule has 3 aromatic rings. The molecule has 0 bridgehead atoms. The maximum atomic E-state index is 13.1. The lowest BCUT2D eigenvalue weighted by Gasteiger charge is -2.09. The Hall–Kier alpha value is -2.98. The Kier molecular flexibility index (Phi) is 6.72. The van der Waals surface area contributed by atoms with E-state index in [9.17, 15) is 4.39 Å². The molecule has 0 aromatic heterocycles. The Bertz CT molecular complexity index is 859. The van der Waals surface area contributed by atoms with Crippen molar-refractivity contribution in [1.29, 1.82) is 0 Å². The summed E-state index contributed by atoms with van der Waals surface area (Å²) in [6.45, 7) is 1.53. The number of benzene rings is 3. The lowest BCUT2D eigenvalue weighted by Crippen LogP contribution is -2.18. The predicted molar refractivity (Wildman–Crippen MR) is 108 cm³/mol. The summed E-state index contributed by atoms with van der Waals surface area (Å²) in [6, 6.07) is 25.2. The first-order valence-corrected chi connectivity index (χ1v) is 8.97. The maximum absolute atomic E-state index is 13.1. The summed E-state index contributed by atoms with van der Waals surface area (Å²) >= 11 is 0. The molecule has 0 atom stereocenters. The molecule has 1 N–H and O–H groups in total. The zero-order valence-electron chi connectivity index (χ0n) is 15.4. The van der Waals surface area contributed by atoms with Crippen molar-refractivity contribution < 1.29 is 9.23 Å². The zero-order chi connectivity index (χ0) is 18.9. The predicted octanol–water partition coefficient (Wildman–Crippen LogP) is 5.02. The molecule has 138 valence electrons. The Labute approximate surface area is 159 Å². The van der Waals surface area contributed by atoms with Gasteiger partial charge in [-0.05, 0) is 34.4 Å². The molecule has 0 unspecified atom stereocenters. The average molecular weight is 362 g/mol. The summed E-state index contributed by atoms with van der Waals surface area (Å²) < 4.78 is 13.1. The van der Waals surface area contributed by atoms with Crippen molar-refractivity contribution in [1.82, 2.24) is 5.32 Å². The molecular weight excluding hydrogens is 339 g/mol. The molecule has 0 aliphatic carbocycles. The van der Waals surface area contributed by atoms with Crippen molar-refractivity contribution >= 4 is 5.71 Å². The van der Waals surface area contributed by atoms with Crippen LogP contribution in [-0.2, 0) is 11.4 Å². The number of hydrogen-bond donors (Lipinski definition) is 1. The van der Waals surface area contributed by atoms with E-state index in [1.807, 2.05) is 18.2 Å². The number of oxime groups is 1. The molecule has 0 saturated heterocycles. The highest BCUT2D eigenvalue weighted by Gasteiger charge is 2.05. The van der Waals surface area contributed by atoms with Gasteiger partial charge in [0.25, 0.3) is 0 Å². The van der Waals surface area contributed by atoms with Crippen molar-refractivity contribution in [3.63, 3.8) is 0 Å². The van der Waals surface area contributed by atoms with Gasteiger partial charge in [-0.2, -0.15) is 0 Å². The second kappa shape index (κ2) is 9.64. The molecule has 0 amide bonds. The molecule has 0 aliphatic rings. The highest BCUT2D eigenvalue weighted by atomic mass is 19.1. The van der Waals surface area contributed by atoms with Gasteiger partial charge in [-0.25, -0.2) is 4.39 Å². The molecule has 0 radical (unpaired) electrons. The van der Waals surface area contributed by atoms with Crippen LogP contribution in [0, 0.1) is 5.82 Å². The minimum Gasteiger partial charge on any atom is -0.399 e. The van der Waals surface area contributed by atoms with Crippen LogP contribution in [0.5, 0.6) is 0 Å². The van der Waals surface area contributed by atoms with Crippen LogP contribution < -0.4 is 5.32 Å². The van der Waals surface area contributed by atoms with Gasteiger partial charge >= 0.3 is 0 Å². The van der Waals surface area contributed by atoms with E-state index in [4.69, 9.17) is 4.84 Å². The quantitative estimate of drug-likeness (QED) is 0.347. The van der Waals surface area contributed by atoms with Gasteiger partial charge in [0.1, 0.15) is 12.9 Å². The van der Waals surface area contributed by atoms with Crippen LogP contribution in [-0.4, -0.2) is 19.4 Å². The number of hydrogen-bond acceptors (Lipinski definition) is 3. The minimum atomic E-state index is -0.257. The molecule has 4 heteroatoms. The van der Waals surface area contributed by atoms with Crippen LogP contribution in [0.1, 0.15) is 17.5 Å². The lowest BCUT2D eigenvalue weighted by molar-refractivity contribution is 0.213. The molecule has 0 fully saturated rings. The fourth-order valence-electron chi connectivity index (χ4n) is 2.88. The second-order valence-electron chi connectivity index (χ2n) is 6.22. The molecule has 3 aromatic carbocycles. The van der Waals surface area contributed by atoms with E-state index in [1.165, 1.54) is 35.9 Å². The maximum Gasteiger partial charge on any atom is 0.123 e. The summed E-state index contributed by atoms with van der Waals surface area (Å²) in [6.07, 6.45) is 0.696. The normalized spacial score (nSPS) is 11.4. The highest BCUT2D eigenvalue weighted by Crippen LogP contribution is 2.19. The van der Waals surface area contributed by atoms with Gasteiger partial charge in [0.2, 0.25) is 0 Å². The van der Waals surface area contributed by atoms with Crippen LogP contribution in [0.25, 0.3) is 11.1 Å². The third-order valence-electron chi connectivity index (χ3n) is 4.31. The van der Waals surface area contributed by atoms with E-state index < -0.39 is 0 Å². The molecule has 3 nitrogen and oxygen atoms in total. The van der Waals surface area contributed by atoms with Crippen molar-refractivity contribution in [2.24, 2.45) is 5.16 Å². The van der Waals surface area contributed by atoms with Gasteiger partial charge in [0.15, 0.2) is 0 Å². The van der Waals surface area contributed by atoms with Crippen LogP contribution >= 0.6 is 0 Å². The van der Waals surface area contributed by atoms with Crippen LogP contribution in [0.2, 0.25) is 0 Å². The number of nitrogens with one attached hydrogen (secondary N) is 1. The largest absolute Gasteiger partial charge is 0.399 e. The van der Waals surface area contributed by atoms with E-state index in [0.29, 0.717) is 6.42 Å². The van der Waals surface area contributed by atoms with Gasteiger partial charge in [0.05, 0.1) is 5.71 Å². The Balaban J connectivity index is 1.51. The Morgan fingerprint density at radius 2 is 1.56 bits per heavy atom. The van der Waals surface area contributed by atoms with Gasteiger partial charge in [-0.1, -0.05) is 71.9 Å². The Morgan fingerprint density at radius 1 is 0.889 bits per heavy atom. The summed E-state index contributed by atoms with van der Waals surface area (Å²) in [5, 5.41) is 7.49. The fraction of sp³-hybridized carbons (Fsp3) is 0.174. The smallest absolute Gasteiger partial charge is 0.123 e. The molecule has 0 heterocycles. The summed E-state index contributed by atoms with van der Waals surface area (Å²) in [5.41, 5.74) is 5.32. The second-order valence-corrected chi connectivity index (χ2v) is 6.22. The third kappa shape index (κ3) is 5.50. The van der Waals surface area contributed by atoms with Crippen LogP contribution in [0.3, 0.4) is 0 Å². The molecule has 0 spiro atoms.